The average Bonchev–Trinajstić information content (AvgIpc) is 2.94. The van der Waals surface area contributed by atoms with Gasteiger partial charge in [-0.2, -0.15) is 0 Å². The van der Waals surface area contributed by atoms with Gasteiger partial charge in [0, 0.05) is 0 Å². The number of benzene rings is 1. The van der Waals surface area contributed by atoms with E-state index in [1.54, 1.807) is 36.8 Å². The molecule has 0 atom stereocenters. The molecule has 0 heteroatoms. The van der Waals surface area contributed by atoms with Gasteiger partial charge in [-0.15, -0.1) is 0 Å². The fourth-order valence-corrected chi connectivity index (χ4v) is 9.39. The van der Waals surface area contributed by atoms with E-state index >= 15 is 0 Å². The smallest absolute Gasteiger partial charge is 0.00463 e. The van der Waals surface area contributed by atoms with E-state index in [-0.39, 0.29) is 0 Å². The molecule has 0 nitrogen and oxygen atoms in total. The lowest BCUT2D eigenvalue weighted by Gasteiger charge is -2.58. The number of fused-ring (bicyclic) bond motifs is 3. The molecule has 0 heterocycles. The minimum atomic E-state index is 0.523. The Morgan fingerprint density at radius 3 is 1.71 bits per heavy atom. The summed E-state index contributed by atoms with van der Waals surface area (Å²) in [5.41, 5.74) is 4.60. The Hall–Kier alpha value is -0.780. The molecular weight excluding hydrogens is 420 g/mol. The zero-order valence-corrected chi connectivity index (χ0v) is 23.5. The molecule has 0 spiro atoms. The van der Waals surface area contributed by atoms with Crippen LogP contribution in [0, 0.1) is 23.2 Å². The molecule has 196 valence electrons. The maximum Gasteiger partial charge on any atom is -0.00463 e. The molecule has 2 bridgehead atoms. The molecule has 6 rings (SSSR count). The molecule has 5 fully saturated rings. The molecular formula is C35H56. The van der Waals surface area contributed by atoms with Crippen molar-refractivity contribution in [2.45, 2.75) is 160 Å². The second-order valence-electron chi connectivity index (χ2n) is 13.8. The third kappa shape index (κ3) is 5.72. The van der Waals surface area contributed by atoms with Gasteiger partial charge in [0.15, 0.2) is 0 Å². The first kappa shape index (κ1) is 25.9. The van der Waals surface area contributed by atoms with Crippen molar-refractivity contribution in [1.82, 2.24) is 0 Å². The van der Waals surface area contributed by atoms with Crippen LogP contribution in [0.25, 0.3) is 0 Å². The minimum Gasteiger partial charge on any atom is -0.0654 e. The highest BCUT2D eigenvalue weighted by Gasteiger charge is 2.52. The molecule has 0 unspecified atom stereocenters. The Balaban J connectivity index is 1.12. The molecule has 0 amide bonds. The lowest BCUT2D eigenvalue weighted by Crippen LogP contribution is -2.48. The van der Waals surface area contributed by atoms with Gasteiger partial charge in [-0.3, -0.25) is 0 Å². The Kier molecular flexibility index (Phi) is 8.66. The summed E-state index contributed by atoms with van der Waals surface area (Å²) in [6, 6.07) is 10.3. The van der Waals surface area contributed by atoms with Gasteiger partial charge in [-0.05, 0) is 123 Å². The summed E-state index contributed by atoms with van der Waals surface area (Å²) in [6.07, 6.45) is 31.1. The second kappa shape index (κ2) is 11.7. The number of hydrogen-bond acceptors (Lipinski definition) is 0. The molecule has 35 heavy (non-hydrogen) atoms. The fraction of sp³-hybridized carbons (Fsp3) is 0.829. The van der Waals surface area contributed by atoms with Crippen LogP contribution in [0.15, 0.2) is 24.3 Å². The summed E-state index contributed by atoms with van der Waals surface area (Å²) in [6.45, 7) is 4.69. The van der Waals surface area contributed by atoms with Crippen molar-refractivity contribution in [3.05, 3.63) is 35.4 Å². The van der Waals surface area contributed by atoms with E-state index < -0.39 is 0 Å². The van der Waals surface area contributed by atoms with Gasteiger partial charge >= 0.3 is 0 Å². The lowest BCUT2D eigenvalue weighted by molar-refractivity contribution is -0.0294. The van der Waals surface area contributed by atoms with Crippen LogP contribution in [-0.2, 0) is 5.41 Å². The molecule has 1 aromatic rings. The first-order chi connectivity index (χ1) is 17.2. The van der Waals surface area contributed by atoms with Crippen molar-refractivity contribution in [1.29, 1.82) is 0 Å². The Bertz CT molecular complexity index is 731. The first-order valence-electron chi connectivity index (χ1n) is 16.3. The monoisotopic (exact) mass is 476 g/mol. The summed E-state index contributed by atoms with van der Waals surface area (Å²) in [4.78, 5) is 0. The fourth-order valence-electron chi connectivity index (χ4n) is 9.39. The highest BCUT2D eigenvalue weighted by molar-refractivity contribution is 5.33. The van der Waals surface area contributed by atoms with E-state index in [1.807, 2.05) is 0 Å². The molecule has 0 N–H and O–H groups in total. The van der Waals surface area contributed by atoms with E-state index in [1.165, 1.54) is 109 Å². The topological polar surface area (TPSA) is 0 Å². The van der Waals surface area contributed by atoms with Crippen LogP contribution in [-0.4, -0.2) is 0 Å². The quantitative estimate of drug-likeness (QED) is 0.294. The van der Waals surface area contributed by atoms with Crippen LogP contribution in [0.5, 0.6) is 0 Å². The van der Waals surface area contributed by atoms with Crippen molar-refractivity contribution in [3.63, 3.8) is 0 Å². The van der Waals surface area contributed by atoms with Crippen LogP contribution in [0.3, 0.4) is 0 Å². The number of hydrogen-bond donors (Lipinski definition) is 0. The van der Waals surface area contributed by atoms with E-state index in [0.29, 0.717) is 5.41 Å². The summed E-state index contributed by atoms with van der Waals surface area (Å²) in [7, 11) is 0. The Morgan fingerprint density at radius 2 is 1.14 bits per heavy atom. The van der Waals surface area contributed by atoms with Gasteiger partial charge < -0.3 is 0 Å². The Morgan fingerprint density at radius 1 is 0.600 bits per heavy atom. The van der Waals surface area contributed by atoms with Crippen molar-refractivity contribution in [3.8, 4) is 0 Å². The molecule has 0 aromatic heterocycles. The normalized spacial score (nSPS) is 37.4. The van der Waals surface area contributed by atoms with E-state index in [0.717, 1.165) is 29.1 Å². The Labute approximate surface area is 218 Å². The molecule has 5 saturated carbocycles. The zero-order chi connectivity index (χ0) is 24.1. The second-order valence-corrected chi connectivity index (χ2v) is 13.8. The molecule has 5 aliphatic carbocycles. The maximum absolute atomic E-state index is 2.58. The molecule has 0 aliphatic heterocycles. The minimum absolute atomic E-state index is 0.523. The standard InChI is InChI=1S/C35H56/c1-3-5-7-9-29-10-14-30(15-11-29)31-16-20-33(21-17-31)35-25-22-34(23-26-35,24-27-35)32-18-12-28(13-19-32)8-6-4-2/h16-17,20-21,28-30,32H,3-15,18-19,22-27H2,1-2H3. The predicted molar refractivity (Wildman–Crippen MR) is 152 cm³/mol. The molecule has 5 aliphatic rings. The van der Waals surface area contributed by atoms with Gasteiger partial charge in [-0.1, -0.05) is 95.9 Å². The highest BCUT2D eigenvalue weighted by Crippen LogP contribution is 2.62. The summed E-state index contributed by atoms with van der Waals surface area (Å²) in [5, 5.41) is 0. The van der Waals surface area contributed by atoms with Gasteiger partial charge in [0.05, 0.1) is 0 Å². The number of unbranched alkanes of at least 4 members (excludes halogenated alkanes) is 3. The van der Waals surface area contributed by atoms with Gasteiger partial charge in [0.2, 0.25) is 0 Å². The van der Waals surface area contributed by atoms with Crippen LogP contribution < -0.4 is 0 Å². The summed E-state index contributed by atoms with van der Waals surface area (Å²) >= 11 is 0. The maximum atomic E-state index is 2.58. The van der Waals surface area contributed by atoms with E-state index in [4.69, 9.17) is 0 Å². The van der Waals surface area contributed by atoms with Crippen LogP contribution in [0.4, 0.5) is 0 Å². The van der Waals surface area contributed by atoms with Gasteiger partial charge in [0.25, 0.3) is 0 Å². The van der Waals surface area contributed by atoms with Crippen LogP contribution >= 0.6 is 0 Å². The van der Waals surface area contributed by atoms with E-state index in [2.05, 4.69) is 38.1 Å². The highest BCUT2D eigenvalue weighted by atomic mass is 14.6. The summed E-state index contributed by atoms with van der Waals surface area (Å²) in [5.74, 6) is 3.97. The summed E-state index contributed by atoms with van der Waals surface area (Å²) < 4.78 is 0. The van der Waals surface area contributed by atoms with Crippen molar-refractivity contribution in [2.75, 3.05) is 0 Å². The number of rotatable bonds is 10. The van der Waals surface area contributed by atoms with Crippen molar-refractivity contribution < 1.29 is 0 Å². The van der Waals surface area contributed by atoms with E-state index in [9.17, 15) is 0 Å². The SMILES string of the molecule is CCCCCC1CCC(c2ccc(C34CCC(C5CCC(CCCC)CC5)(CC3)CC4)cc2)CC1. The van der Waals surface area contributed by atoms with Crippen molar-refractivity contribution >= 4 is 0 Å². The third-order valence-corrected chi connectivity index (χ3v) is 12.0. The van der Waals surface area contributed by atoms with Gasteiger partial charge in [-0.25, -0.2) is 0 Å². The average molecular weight is 477 g/mol. The molecule has 0 radical (unpaired) electrons. The van der Waals surface area contributed by atoms with Gasteiger partial charge in [0.1, 0.15) is 0 Å². The van der Waals surface area contributed by atoms with Crippen molar-refractivity contribution in [2.24, 2.45) is 23.2 Å². The lowest BCUT2D eigenvalue weighted by atomic mass is 9.47. The zero-order valence-electron chi connectivity index (χ0n) is 23.5. The third-order valence-electron chi connectivity index (χ3n) is 12.0. The largest absolute Gasteiger partial charge is 0.0654 e. The predicted octanol–water partition coefficient (Wildman–Crippen LogP) is 11.1. The van der Waals surface area contributed by atoms with Crippen LogP contribution in [0.2, 0.25) is 0 Å². The molecule has 1 aromatic carbocycles. The first-order valence-corrected chi connectivity index (χ1v) is 16.3. The molecule has 0 saturated heterocycles. The van der Waals surface area contributed by atoms with Crippen LogP contribution in [0.1, 0.15) is 166 Å².